The van der Waals surface area contributed by atoms with Gasteiger partial charge < -0.3 is 16.4 Å². The summed E-state index contributed by atoms with van der Waals surface area (Å²) in [6, 6.07) is 7.05. The maximum atomic E-state index is 12.1. The molecule has 1 heterocycles. The van der Waals surface area contributed by atoms with Gasteiger partial charge in [0.25, 0.3) is 0 Å². The number of nitrogens with one attached hydrogen (secondary N) is 2. The number of benzene rings is 1. The lowest BCUT2D eigenvalue weighted by atomic mass is 9.84. The van der Waals surface area contributed by atoms with Crippen LogP contribution < -0.4 is 16.4 Å². The van der Waals surface area contributed by atoms with E-state index in [9.17, 15) is 9.59 Å². The summed E-state index contributed by atoms with van der Waals surface area (Å²) in [5, 5.41) is 6.27. The maximum absolute atomic E-state index is 12.1. The quantitative estimate of drug-likeness (QED) is 0.743. The minimum absolute atomic E-state index is 0.0653. The summed E-state index contributed by atoms with van der Waals surface area (Å²) < 4.78 is 0. The summed E-state index contributed by atoms with van der Waals surface area (Å²) >= 11 is 0. The van der Waals surface area contributed by atoms with Crippen LogP contribution in [0.2, 0.25) is 0 Å². The first kappa shape index (κ1) is 16.5. The first-order valence-corrected chi connectivity index (χ1v) is 7.92. The zero-order valence-corrected chi connectivity index (χ0v) is 13.1. The number of carbonyl (C=O) groups is 2. The van der Waals surface area contributed by atoms with E-state index in [4.69, 9.17) is 5.73 Å². The molecular formula is C17H25N3O2. The maximum Gasteiger partial charge on any atom is 0.248 e. The molecule has 0 bridgehead atoms. The monoisotopic (exact) mass is 303 g/mol. The van der Waals surface area contributed by atoms with E-state index in [0.29, 0.717) is 30.4 Å². The van der Waals surface area contributed by atoms with Crippen LogP contribution in [0.1, 0.15) is 42.1 Å². The van der Waals surface area contributed by atoms with Crippen LogP contribution in [-0.4, -0.2) is 24.9 Å². The average molecular weight is 303 g/mol. The predicted octanol–water partition coefficient (Wildman–Crippen LogP) is 1.43. The van der Waals surface area contributed by atoms with E-state index >= 15 is 0 Å². The predicted molar refractivity (Wildman–Crippen MR) is 86.2 cm³/mol. The largest absolute Gasteiger partial charge is 0.366 e. The molecule has 0 aliphatic carbocycles. The van der Waals surface area contributed by atoms with Gasteiger partial charge in [-0.25, -0.2) is 0 Å². The Kier molecular flexibility index (Phi) is 5.95. The van der Waals surface area contributed by atoms with Crippen LogP contribution in [0.4, 0.5) is 0 Å². The van der Waals surface area contributed by atoms with E-state index in [1.807, 2.05) is 6.07 Å². The fourth-order valence-electron chi connectivity index (χ4n) is 2.98. The Hall–Kier alpha value is -1.88. The molecule has 2 amide bonds. The Bertz CT molecular complexity index is 524. The van der Waals surface area contributed by atoms with Gasteiger partial charge in [-0.1, -0.05) is 19.1 Å². The molecule has 5 nitrogen and oxygen atoms in total. The molecule has 2 rings (SSSR count). The molecule has 0 saturated carbocycles. The molecule has 1 aliphatic heterocycles. The van der Waals surface area contributed by atoms with Gasteiger partial charge in [0.1, 0.15) is 0 Å². The van der Waals surface area contributed by atoms with Crippen molar-refractivity contribution in [2.45, 2.75) is 32.7 Å². The van der Waals surface area contributed by atoms with Crippen molar-refractivity contribution in [3.05, 3.63) is 35.4 Å². The number of amides is 2. The zero-order valence-electron chi connectivity index (χ0n) is 13.1. The van der Waals surface area contributed by atoms with Gasteiger partial charge in [0.2, 0.25) is 11.8 Å². The van der Waals surface area contributed by atoms with E-state index in [1.54, 1.807) is 18.2 Å². The van der Waals surface area contributed by atoms with Gasteiger partial charge in [0.05, 0.1) is 0 Å². The first-order valence-electron chi connectivity index (χ1n) is 7.92. The second-order valence-electron chi connectivity index (χ2n) is 6.11. The minimum atomic E-state index is -0.451. The average Bonchev–Trinajstić information content (AvgIpc) is 2.54. The molecule has 1 fully saturated rings. The molecule has 4 N–H and O–H groups in total. The van der Waals surface area contributed by atoms with Crippen LogP contribution in [0.25, 0.3) is 0 Å². The van der Waals surface area contributed by atoms with Crippen LogP contribution in [0.3, 0.4) is 0 Å². The highest BCUT2D eigenvalue weighted by Crippen LogP contribution is 2.24. The Labute approximate surface area is 131 Å². The molecular weight excluding hydrogens is 278 g/mol. The second-order valence-corrected chi connectivity index (χ2v) is 6.11. The van der Waals surface area contributed by atoms with Crippen LogP contribution in [-0.2, 0) is 11.3 Å². The lowest BCUT2D eigenvalue weighted by Gasteiger charge is -2.27. The zero-order chi connectivity index (χ0) is 15.9. The van der Waals surface area contributed by atoms with Crippen LogP contribution >= 0.6 is 0 Å². The van der Waals surface area contributed by atoms with Crippen LogP contribution in [0, 0.1) is 11.8 Å². The summed E-state index contributed by atoms with van der Waals surface area (Å²) in [7, 11) is 0. The van der Waals surface area contributed by atoms with E-state index in [2.05, 4.69) is 17.6 Å². The van der Waals surface area contributed by atoms with Crippen molar-refractivity contribution in [1.82, 2.24) is 10.6 Å². The first-order chi connectivity index (χ1) is 10.6. The summed E-state index contributed by atoms with van der Waals surface area (Å²) in [6.07, 6.45) is 2.85. The van der Waals surface area contributed by atoms with Gasteiger partial charge in [-0.2, -0.15) is 0 Å². The van der Waals surface area contributed by atoms with Gasteiger partial charge in [-0.15, -0.1) is 0 Å². The van der Waals surface area contributed by atoms with Crippen LogP contribution in [0.5, 0.6) is 0 Å². The standard InChI is InChI=1S/C17H25N3O2/c1-12(14-5-7-19-8-6-14)9-16(21)20-11-13-3-2-4-15(10-13)17(18)22/h2-4,10,12,14,19H,5-9,11H2,1H3,(H2,18,22)(H,20,21). The van der Waals surface area contributed by atoms with Crippen molar-refractivity contribution in [2.75, 3.05) is 13.1 Å². The highest BCUT2D eigenvalue weighted by atomic mass is 16.1. The van der Waals surface area contributed by atoms with Crippen molar-refractivity contribution in [3.63, 3.8) is 0 Å². The third kappa shape index (κ3) is 4.84. The normalized spacial score (nSPS) is 17.0. The molecule has 1 aliphatic rings. The van der Waals surface area contributed by atoms with Gasteiger partial charge in [0, 0.05) is 18.5 Å². The van der Waals surface area contributed by atoms with Crippen molar-refractivity contribution in [2.24, 2.45) is 17.6 Å². The molecule has 1 saturated heterocycles. The highest BCUT2D eigenvalue weighted by Gasteiger charge is 2.21. The van der Waals surface area contributed by atoms with Gasteiger partial charge in [0.15, 0.2) is 0 Å². The number of hydrogen-bond acceptors (Lipinski definition) is 3. The number of nitrogens with two attached hydrogens (primary N) is 1. The van der Waals surface area contributed by atoms with E-state index in [1.165, 1.54) is 0 Å². The number of primary amides is 1. The lowest BCUT2D eigenvalue weighted by Crippen LogP contribution is -2.33. The molecule has 0 radical (unpaired) electrons. The van der Waals surface area contributed by atoms with Gasteiger partial charge in [-0.3, -0.25) is 9.59 Å². The third-order valence-corrected chi connectivity index (χ3v) is 4.40. The van der Waals surface area contributed by atoms with Crippen LogP contribution in [0.15, 0.2) is 24.3 Å². The van der Waals surface area contributed by atoms with E-state index in [-0.39, 0.29) is 5.91 Å². The molecule has 1 aromatic carbocycles. The van der Waals surface area contributed by atoms with E-state index in [0.717, 1.165) is 31.5 Å². The fraction of sp³-hybridized carbons (Fsp3) is 0.529. The SMILES string of the molecule is CC(CC(=O)NCc1cccc(C(N)=O)c1)C1CCNCC1. The van der Waals surface area contributed by atoms with Crippen molar-refractivity contribution >= 4 is 11.8 Å². The van der Waals surface area contributed by atoms with Crippen molar-refractivity contribution in [1.29, 1.82) is 0 Å². The summed E-state index contributed by atoms with van der Waals surface area (Å²) in [5.74, 6) is 0.646. The molecule has 22 heavy (non-hydrogen) atoms. The molecule has 5 heteroatoms. The lowest BCUT2D eigenvalue weighted by molar-refractivity contribution is -0.122. The molecule has 1 unspecified atom stereocenters. The topological polar surface area (TPSA) is 84.2 Å². The number of carbonyl (C=O) groups excluding carboxylic acids is 2. The fourth-order valence-corrected chi connectivity index (χ4v) is 2.98. The number of hydrogen-bond donors (Lipinski definition) is 3. The summed E-state index contributed by atoms with van der Waals surface area (Å²) in [4.78, 5) is 23.2. The number of piperidine rings is 1. The molecule has 120 valence electrons. The summed E-state index contributed by atoms with van der Waals surface area (Å²) in [5.41, 5.74) is 6.61. The molecule has 0 aromatic heterocycles. The Morgan fingerprint density at radius 3 is 2.77 bits per heavy atom. The molecule has 1 atom stereocenters. The minimum Gasteiger partial charge on any atom is -0.366 e. The third-order valence-electron chi connectivity index (χ3n) is 4.40. The number of rotatable bonds is 6. The van der Waals surface area contributed by atoms with Crippen molar-refractivity contribution < 1.29 is 9.59 Å². The van der Waals surface area contributed by atoms with E-state index < -0.39 is 5.91 Å². The molecule has 0 spiro atoms. The Balaban J connectivity index is 1.79. The summed E-state index contributed by atoms with van der Waals surface area (Å²) in [6.45, 7) is 4.69. The molecule has 1 aromatic rings. The Morgan fingerprint density at radius 2 is 2.09 bits per heavy atom. The second kappa shape index (κ2) is 7.94. The smallest absolute Gasteiger partial charge is 0.248 e. The highest BCUT2D eigenvalue weighted by molar-refractivity contribution is 5.92. The Morgan fingerprint density at radius 1 is 1.36 bits per heavy atom. The van der Waals surface area contributed by atoms with Crippen molar-refractivity contribution in [3.8, 4) is 0 Å². The van der Waals surface area contributed by atoms with Gasteiger partial charge >= 0.3 is 0 Å². The van der Waals surface area contributed by atoms with Gasteiger partial charge in [-0.05, 0) is 55.5 Å².